The largest absolute Gasteiger partial charge is 0.395 e. The Labute approximate surface area is 82.4 Å². The van der Waals surface area contributed by atoms with Gasteiger partial charge in [0.05, 0.1) is 18.5 Å². The van der Waals surface area contributed by atoms with Crippen molar-refractivity contribution in [3.8, 4) is 0 Å². The number of nitrogens with zero attached hydrogens (tertiary/aromatic N) is 1. The van der Waals surface area contributed by atoms with E-state index in [-0.39, 0.29) is 11.5 Å². The van der Waals surface area contributed by atoms with E-state index >= 15 is 0 Å². The van der Waals surface area contributed by atoms with E-state index in [1.807, 2.05) is 0 Å². The zero-order valence-corrected chi connectivity index (χ0v) is 8.80. The average Bonchev–Trinajstić information content (AvgIpc) is 2.51. The number of aryl methyl sites for hydroxylation is 1. The summed E-state index contributed by atoms with van der Waals surface area (Å²) in [7, 11) is -3.56. The Morgan fingerprint density at radius 1 is 1.71 bits per heavy atom. The fourth-order valence-electron chi connectivity index (χ4n) is 0.976. The molecule has 0 aliphatic rings. The molecule has 7 heteroatoms. The first-order valence-corrected chi connectivity index (χ1v) is 5.59. The van der Waals surface area contributed by atoms with Gasteiger partial charge in [-0.05, 0) is 13.8 Å². The average molecular weight is 219 g/mol. The fourth-order valence-corrected chi connectivity index (χ4v) is 2.35. The first-order valence-electron chi connectivity index (χ1n) is 4.10. The van der Waals surface area contributed by atoms with E-state index in [2.05, 4.69) is 14.9 Å². The molecule has 1 atom stereocenters. The minimum atomic E-state index is -3.56. The van der Waals surface area contributed by atoms with Crippen LogP contribution in [0.1, 0.15) is 12.6 Å². The lowest BCUT2D eigenvalue weighted by Crippen LogP contribution is -2.35. The van der Waals surface area contributed by atoms with Crippen LogP contribution in [0, 0.1) is 6.92 Å². The number of hydrogen-bond acceptors (Lipinski definition) is 4. The van der Waals surface area contributed by atoms with Gasteiger partial charge in [0.25, 0.3) is 0 Å². The van der Waals surface area contributed by atoms with Crippen molar-refractivity contribution < 1.29 is 13.5 Å². The van der Waals surface area contributed by atoms with Gasteiger partial charge in [-0.25, -0.2) is 13.1 Å². The first kappa shape index (κ1) is 11.2. The molecule has 0 radical (unpaired) electrons. The molecule has 0 aromatic carbocycles. The summed E-state index contributed by atoms with van der Waals surface area (Å²) in [5.41, 5.74) is 0.475. The van der Waals surface area contributed by atoms with Gasteiger partial charge in [-0.3, -0.25) is 5.10 Å². The second-order valence-corrected chi connectivity index (χ2v) is 4.75. The number of nitrogens with one attached hydrogen (secondary N) is 2. The van der Waals surface area contributed by atoms with Crippen molar-refractivity contribution >= 4 is 10.0 Å². The molecule has 14 heavy (non-hydrogen) atoms. The van der Waals surface area contributed by atoms with E-state index in [0.29, 0.717) is 5.69 Å². The standard InChI is InChI=1S/C7H13N3O3S/c1-5(4-11)10-14(12,13)7-3-8-9-6(7)2/h3,5,10-11H,4H2,1-2H3,(H,8,9)/t5-/m0/s1. The van der Waals surface area contributed by atoms with Gasteiger partial charge >= 0.3 is 0 Å². The lowest BCUT2D eigenvalue weighted by atomic mass is 10.4. The SMILES string of the molecule is Cc1[nH]ncc1S(=O)(=O)N[C@@H](C)CO. The van der Waals surface area contributed by atoms with Gasteiger partial charge in [-0.15, -0.1) is 0 Å². The maximum absolute atomic E-state index is 11.6. The number of aromatic nitrogens is 2. The normalized spacial score (nSPS) is 14.2. The number of hydrogen-bond donors (Lipinski definition) is 3. The van der Waals surface area contributed by atoms with Crippen LogP contribution in [0.4, 0.5) is 0 Å². The number of rotatable bonds is 4. The summed E-state index contributed by atoms with van der Waals surface area (Å²) in [5, 5.41) is 14.9. The van der Waals surface area contributed by atoms with Crippen LogP contribution < -0.4 is 4.72 Å². The molecular formula is C7H13N3O3S. The van der Waals surface area contributed by atoms with Gasteiger partial charge in [-0.2, -0.15) is 5.10 Å². The van der Waals surface area contributed by atoms with Gasteiger partial charge in [0.2, 0.25) is 10.0 Å². The van der Waals surface area contributed by atoms with Crippen molar-refractivity contribution in [2.75, 3.05) is 6.61 Å². The van der Waals surface area contributed by atoms with Crippen molar-refractivity contribution in [2.24, 2.45) is 0 Å². The molecular weight excluding hydrogens is 206 g/mol. The Balaban J connectivity index is 2.92. The maximum Gasteiger partial charge on any atom is 0.244 e. The molecule has 1 aromatic rings. The van der Waals surface area contributed by atoms with Crippen molar-refractivity contribution in [3.05, 3.63) is 11.9 Å². The summed E-state index contributed by atoms with van der Waals surface area (Å²) in [4.78, 5) is 0.109. The van der Waals surface area contributed by atoms with Gasteiger partial charge < -0.3 is 5.11 Å². The van der Waals surface area contributed by atoms with E-state index in [9.17, 15) is 8.42 Å². The highest BCUT2D eigenvalue weighted by Gasteiger charge is 2.20. The van der Waals surface area contributed by atoms with Crippen molar-refractivity contribution in [3.63, 3.8) is 0 Å². The van der Waals surface area contributed by atoms with Crippen LogP contribution in [0.25, 0.3) is 0 Å². The van der Waals surface area contributed by atoms with Crippen LogP contribution in [0.5, 0.6) is 0 Å². The molecule has 0 bridgehead atoms. The maximum atomic E-state index is 11.6. The molecule has 0 saturated carbocycles. The van der Waals surface area contributed by atoms with Crippen LogP contribution in [-0.2, 0) is 10.0 Å². The zero-order valence-electron chi connectivity index (χ0n) is 7.98. The molecule has 3 N–H and O–H groups in total. The number of aliphatic hydroxyl groups is 1. The van der Waals surface area contributed by atoms with Gasteiger partial charge in [-0.1, -0.05) is 0 Å². The third kappa shape index (κ3) is 2.31. The second kappa shape index (κ2) is 4.07. The first-order chi connectivity index (χ1) is 6.47. The molecule has 0 unspecified atom stereocenters. The van der Waals surface area contributed by atoms with Crippen LogP contribution in [0.2, 0.25) is 0 Å². The molecule has 0 aliphatic heterocycles. The molecule has 80 valence electrons. The van der Waals surface area contributed by atoms with Gasteiger partial charge in [0.15, 0.2) is 0 Å². The quantitative estimate of drug-likeness (QED) is 0.628. The van der Waals surface area contributed by atoms with Crippen LogP contribution in [-0.4, -0.2) is 36.4 Å². The number of aliphatic hydroxyl groups excluding tert-OH is 1. The van der Waals surface area contributed by atoms with E-state index in [4.69, 9.17) is 5.11 Å². The zero-order chi connectivity index (χ0) is 10.8. The third-order valence-corrected chi connectivity index (χ3v) is 3.41. The van der Waals surface area contributed by atoms with E-state index in [0.717, 1.165) is 0 Å². The highest BCUT2D eigenvalue weighted by Crippen LogP contribution is 2.10. The topological polar surface area (TPSA) is 95.1 Å². The summed E-state index contributed by atoms with van der Waals surface area (Å²) in [6.45, 7) is 2.95. The van der Waals surface area contributed by atoms with E-state index in [1.165, 1.54) is 6.20 Å². The Morgan fingerprint density at radius 2 is 2.36 bits per heavy atom. The third-order valence-electron chi connectivity index (χ3n) is 1.70. The minimum Gasteiger partial charge on any atom is -0.395 e. The molecule has 0 saturated heterocycles. The van der Waals surface area contributed by atoms with E-state index < -0.39 is 16.1 Å². The summed E-state index contributed by atoms with van der Waals surface area (Å²) >= 11 is 0. The minimum absolute atomic E-state index is 0.109. The summed E-state index contributed by atoms with van der Waals surface area (Å²) < 4.78 is 25.5. The Bertz CT molecular complexity index is 398. The van der Waals surface area contributed by atoms with Crippen molar-refractivity contribution in [1.82, 2.24) is 14.9 Å². The summed E-state index contributed by atoms with van der Waals surface area (Å²) in [5.74, 6) is 0. The monoisotopic (exact) mass is 219 g/mol. The predicted octanol–water partition coefficient (Wildman–Crippen LogP) is -0.623. The number of sulfonamides is 1. The lowest BCUT2D eigenvalue weighted by molar-refractivity contribution is 0.265. The second-order valence-electron chi connectivity index (χ2n) is 3.06. The smallest absolute Gasteiger partial charge is 0.244 e. The molecule has 6 nitrogen and oxygen atoms in total. The van der Waals surface area contributed by atoms with Crippen LogP contribution in [0.3, 0.4) is 0 Å². The number of H-pyrrole nitrogens is 1. The molecule has 0 amide bonds. The Hall–Kier alpha value is -0.920. The van der Waals surface area contributed by atoms with Gasteiger partial charge in [0.1, 0.15) is 4.90 Å². The summed E-state index contributed by atoms with van der Waals surface area (Å²) in [6.07, 6.45) is 1.24. The molecule has 1 rings (SSSR count). The van der Waals surface area contributed by atoms with E-state index in [1.54, 1.807) is 13.8 Å². The Morgan fingerprint density at radius 3 is 2.79 bits per heavy atom. The lowest BCUT2D eigenvalue weighted by Gasteiger charge is -2.10. The molecule has 0 aliphatic carbocycles. The molecule has 1 aromatic heterocycles. The fraction of sp³-hybridized carbons (Fsp3) is 0.571. The molecule has 0 fully saturated rings. The summed E-state index contributed by atoms with van der Waals surface area (Å²) in [6, 6.07) is -0.505. The van der Waals surface area contributed by atoms with Crippen molar-refractivity contribution in [2.45, 2.75) is 24.8 Å². The highest BCUT2D eigenvalue weighted by atomic mass is 32.2. The van der Waals surface area contributed by atoms with Crippen LogP contribution >= 0.6 is 0 Å². The van der Waals surface area contributed by atoms with Crippen LogP contribution in [0.15, 0.2) is 11.1 Å². The highest BCUT2D eigenvalue weighted by molar-refractivity contribution is 7.89. The predicted molar refractivity (Wildman–Crippen MR) is 50.2 cm³/mol. The van der Waals surface area contributed by atoms with Gasteiger partial charge in [0, 0.05) is 6.04 Å². The molecule has 1 heterocycles. The number of aromatic amines is 1. The van der Waals surface area contributed by atoms with Crippen molar-refractivity contribution in [1.29, 1.82) is 0 Å². The Kier molecular flexibility index (Phi) is 3.25. The molecule has 0 spiro atoms.